The average molecular weight is 251 g/mol. The second kappa shape index (κ2) is 4.61. The van der Waals surface area contributed by atoms with Gasteiger partial charge in [0.1, 0.15) is 5.75 Å². The van der Waals surface area contributed by atoms with Crippen molar-refractivity contribution in [2.45, 2.75) is 0 Å². The Hall–Kier alpha value is -2.55. The van der Waals surface area contributed by atoms with Gasteiger partial charge in [0, 0.05) is 12.3 Å². The Morgan fingerprint density at radius 1 is 1.00 bits per heavy atom. The van der Waals surface area contributed by atoms with Crippen LogP contribution in [0, 0.1) is 0 Å². The fraction of sp³-hybridized carbons (Fsp3) is 0.0625. The predicted molar refractivity (Wildman–Crippen MR) is 75.7 cm³/mol. The van der Waals surface area contributed by atoms with Crippen LogP contribution in [-0.2, 0) is 0 Å². The molecule has 94 valence electrons. The number of hydrogen-bond acceptors (Lipinski definition) is 2. The van der Waals surface area contributed by atoms with Gasteiger partial charge in [-0.2, -0.15) is 0 Å². The Morgan fingerprint density at radius 2 is 1.74 bits per heavy atom. The Kier molecular flexibility index (Phi) is 2.80. The highest BCUT2D eigenvalue weighted by Gasteiger charge is 2.12. The van der Waals surface area contributed by atoms with Gasteiger partial charge in [0.2, 0.25) is 0 Å². The summed E-state index contributed by atoms with van der Waals surface area (Å²) in [6.45, 7) is 0. The first-order chi connectivity index (χ1) is 9.31. The summed E-state index contributed by atoms with van der Waals surface area (Å²) in [4.78, 5) is 12.6. The number of benzene rings is 1. The summed E-state index contributed by atoms with van der Waals surface area (Å²) in [6, 6.07) is 17.1. The third-order valence-electron chi connectivity index (χ3n) is 3.13. The standard InChI is InChI=1S/C16H13NO2/c1-19-14-11-13-9-5-6-10-17(13)16(18)15(14)12-7-3-2-4-8-12/h2-11H,1H3. The normalized spacial score (nSPS) is 10.6. The van der Waals surface area contributed by atoms with Crippen molar-refractivity contribution < 1.29 is 4.74 Å². The van der Waals surface area contributed by atoms with Crippen LogP contribution in [0.3, 0.4) is 0 Å². The van der Waals surface area contributed by atoms with E-state index in [1.54, 1.807) is 17.7 Å². The number of aromatic nitrogens is 1. The van der Waals surface area contributed by atoms with E-state index in [9.17, 15) is 4.79 Å². The van der Waals surface area contributed by atoms with Gasteiger partial charge >= 0.3 is 0 Å². The number of ether oxygens (including phenoxy) is 1. The van der Waals surface area contributed by atoms with E-state index < -0.39 is 0 Å². The molecule has 0 spiro atoms. The van der Waals surface area contributed by atoms with Gasteiger partial charge in [-0.05, 0) is 17.7 Å². The van der Waals surface area contributed by atoms with Gasteiger partial charge in [-0.1, -0.05) is 36.4 Å². The number of fused-ring (bicyclic) bond motifs is 1. The summed E-state index contributed by atoms with van der Waals surface area (Å²) in [6.07, 6.45) is 1.77. The molecule has 0 atom stereocenters. The molecule has 3 nitrogen and oxygen atoms in total. The lowest BCUT2D eigenvalue weighted by Crippen LogP contribution is -2.16. The molecule has 0 amide bonds. The number of hydrogen-bond donors (Lipinski definition) is 0. The van der Waals surface area contributed by atoms with Crippen LogP contribution in [-0.4, -0.2) is 11.5 Å². The lowest BCUT2D eigenvalue weighted by atomic mass is 10.1. The van der Waals surface area contributed by atoms with E-state index in [1.165, 1.54) is 0 Å². The zero-order chi connectivity index (χ0) is 13.2. The van der Waals surface area contributed by atoms with Crippen LogP contribution in [0.4, 0.5) is 0 Å². The Balaban J connectivity index is 2.41. The molecule has 0 aliphatic heterocycles. The fourth-order valence-corrected chi connectivity index (χ4v) is 2.22. The smallest absolute Gasteiger partial charge is 0.266 e. The minimum atomic E-state index is -0.0684. The molecule has 3 heteroatoms. The lowest BCUT2D eigenvalue weighted by Gasteiger charge is -2.10. The van der Waals surface area contributed by atoms with E-state index in [0.29, 0.717) is 11.3 Å². The maximum absolute atomic E-state index is 12.6. The molecule has 0 N–H and O–H groups in total. The first-order valence-electron chi connectivity index (χ1n) is 6.05. The minimum absolute atomic E-state index is 0.0684. The van der Waals surface area contributed by atoms with Gasteiger partial charge < -0.3 is 4.74 Å². The maximum Gasteiger partial charge on any atom is 0.266 e. The summed E-state index contributed by atoms with van der Waals surface area (Å²) >= 11 is 0. The molecule has 3 aromatic rings. The van der Waals surface area contributed by atoms with Crippen molar-refractivity contribution in [3.63, 3.8) is 0 Å². The zero-order valence-electron chi connectivity index (χ0n) is 10.5. The van der Waals surface area contributed by atoms with Crippen molar-refractivity contribution >= 4 is 5.52 Å². The number of rotatable bonds is 2. The molecule has 3 rings (SSSR count). The van der Waals surface area contributed by atoms with E-state index in [1.807, 2.05) is 54.6 Å². The quantitative estimate of drug-likeness (QED) is 0.701. The van der Waals surface area contributed by atoms with Gasteiger partial charge in [-0.25, -0.2) is 0 Å². The molecule has 19 heavy (non-hydrogen) atoms. The molecule has 0 saturated carbocycles. The van der Waals surface area contributed by atoms with Gasteiger partial charge in [0.25, 0.3) is 5.56 Å². The van der Waals surface area contributed by atoms with Crippen molar-refractivity contribution in [2.24, 2.45) is 0 Å². The molecule has 0 bridgehead atoms. The Labute approximate surface area is 110 Å². The van der Waals surface area contributed by atoms with E-state index >= 15 is 0 Å². The van der Waals surface area contributed by atoms with Crippen LogP contribution >= 0.6 is 0 Å². The summed E-state index contributed by atoms with van der Waals surface area (Å²) in [7, 11) is 1.58. The van der Waals surface area contributed by atoms with Crippen molar-refractivity contribution in [3.05, 3.63) is 71.1 Å². The highest BCUT2D eigenvalue weighted by Crippen LogP contribution is 2.27. The van der Waals surface area contributed by atoms with Gasteiger partial charge in [-0.15, -0.1) is 0 Å². The zero-order valence-corrected chi connectivity index (χ0v) is 10.5. The first kappa shape index (κ1) is 11.5. The predicted octanol–water partition coefficient (Wildman–Crippen LogP) is 2.98. The molecule has 0 fully saturated rings. The molecule has 0 unspecified atom stereocenters. The Morgan fingerprint density at radius 3 is 2.47 bits per heavy atom. The summed E-state index contributed by atoms with van der Waals surface area (Å²) < 4.78 is 7.01. The largest absolute Gasteiger partial charge is 0.496 e. The van der Waals surface area contributed by atoms with Crippen molar-refractivity contribution in [2.75, 3.05) is 7.11 Å². The number of methoxy groups -OCH3 is 1. The fourth-order valence-electron chi connectivity index (χ4n) is 2.22. The monoisotopic (exact) mass is 251 g/mol. The van der Waals surface area contributed by atoms with Crippen LogP contribution in [0.5, 0.6) is 5.75 Å². The molecule has 0 saturated heterocycles. The van der Waals surface area contributed by atoms with Gasteiger partial charge in [-0.3, -0.25) is 9.20 Å². The SMILES string of the molecule is COc1cc2ccccn2c(=O)c1-c1ccccc1. The molecular formula is C16H13NO2. The molecule has 0 radical (unpaired) electrons. The first-order valence-corrected chi connectivity index (χ1v) is 6.05. The van der Waals surface area contributed by atoms with E-state index in [-0.39, 0.29) is 5.56 Å². The highest BCUT2D eigenvalue weighted by molar-refractivity contribution is 5.72. The number of nitrogens with zero attached hydrogens (tertiary/aromatic N) is 1. The second-order valence-corrected chi connectivity index (χ2v) is 4.25. The topological polar surface area (TPSA) is 30.7 Å². The van der Waals surface area contributed by atoms with Crippen LogP contribution in [0.2, 0.25) is 0 Å². The molecular weight excluding hydrogens is 238 g/mol. The molecule has 2 aromatic heterocycles. The summed E-state index contributed by atoms with van der Waals surface area (Å²) in [5, 5.41) is 0. The van der Waals surface area contributed by atoms with Crippen LogP contribution in [0.15, 0.2) is 65.6 Å². The maximum atomic E-state index is 12.6. The molecule has 2 heterocycles. The summed E-state index contributed by atoms with van der Waals surface area (Å²) in [5.74, 6) is 0.599. The third kappa shape index (κ3) is 1.89. The molecule has 0 aliphatic rings. The van der Waals surface area contributed by atoms with Crippen LogP contribution < -0.4 is 10.3 Å². The minimum Gasteiger partial charge on any atom is -0.496 e. The van der Waals surface area contributed by atoms with E-state index in [2.05, 4.69) is 0 Å². The average Bonchev–Trinajstić information content (AvgIpc) is 2.48. The van der Waals surface area contributed by atoms with Gasteiger partial charge in [0.05, 0.1) is 18.2 Å². The van der Waals surface area contributed by atoms with Crippen molar-refractivity contribution in [1.82, 2.24) is 4.40 Å². The highest BCUT2D eigenvalue weighted by atomic mass is 16.5. The second-order valence-electron chi connectivity index (χ2n) is 4.25. The lowest BCUT2D eigenvalue weighted by molar-refractivity contribution is 0.416. The van der Waals surface area contributed by atoms with Gasteiger partial charge in [0.15, 0.2) is 0 Å². The van der Waals surface area contributed by atoms with E-state index in [4.69, 9.17) is 4.74 Å². The Bertz CT molecular complexity index is 776. The van der Waals surface area contributed by atoms with E-state index in [0.717, 1.165) is 11.1 Å². The third-order valence-corrected chi connectivity index (χ3v) is 3.13. The van der Waals surface area contributed by atoms with Crippen LogP contribution in [0.25, 0.3) is 16.6 Å². The van der Waals surface area contributed by atoms with Crippen molar-refractivity contribution in [1.29, 1.82) is 0 Å². The van der Waals surface area contributed by atoms with Crippen LogP contribution in [0.1, 0.15) is 0 Å². The number of pyridine rings is 2. The summed E-state index contributed by atoms with van der Waals surface area (Å²) in [5.41, 5.74) is 2.21. The molecule has 1 aromatic carbocycles. The van der Waals surface area contributed by atoms with Crippen molar-refractivity contribution in [3.8, 4) is 16.9 Å². The molecule has 0 aliphatic carbocycles.